The van der Waals surface area contributed by atoms with E-state index in [-0.39, 0.29) is 17.9 Å². The molecule has 1 fully saturated rings. The molecule has 2 rings (SSSR count). The van der Waals surface area contributed by atoms with Crippen molar-refractivity contribution < 1.29 is 18.3 Å². The number of nitrogens with zero attached hydrogens (tertiary/aromatic N) is 1. The fourth-order valence-corrected chi connectivity index (χ4v) is 2.19. The van der Waals surface area contributed by atoms with E-state index in [1.165, 1.54) is 23.1 Å². The van der Waals surface area contributed by atoms with Crippen LogP contribution in [0.2, 0.25) is 0 Å². The van der Waals surface area contributed by atoms with E-state index < -0.39 is 11.8 Å². The molecule has 0 unspecified atom stereocenters. The summed E-state index contributed by atoms with van der Waals surface area (Å²) < 4.78 is 34.1. The number of hydrogen-bond acceptors (Lipinski definition) is 3. The van der Waals surface area contributed by atoms with Crippen LogP contribution in [0.3, 0.4) is 0 Å². The molecule has 1 amide bonds. The topological polar surface area (TPSA) is 41.6 Å². The molecule has 1 aromatic carbocycles. The molecule has 0 atom stereocenters. The number of piperazine rings is 1. The first-order chi connectivity index (χ1) is 9.57. The molecular formula is C14H18F2N2O2. The lowest BCUT2D eigenvalue weighted by Gasteiger charge is -2.31. The van der Waals surface area contributed by atoms with Gasteiger partial charge in [-0.2, -0.15) is 8.78 Å². The van der Waals surface area contributed by atoms with Crippen molar-refractivity contribution >= 4 is 5.91 Å². The molecule has 1 saturated heterocycles. The summed E-state index contributed by atoms with van der Waals surface area (Å²) in [6.45, 7) is 3.66. The predicted octanol–water partition coefficient (Wildman–Crippen LogP) is 1.61. The second-order valence-corrected chi connectivity index (χ2v) is 4.55. The summed E-state index contributed by atoms with van der Waals surface area (Å²) in [6.07, 6.45) is 0. The van der Waals surface area contributed by atoms with Gasteiger partial charge in [-0.3, -0.25) is 4.79 Å². The number of halogens is 2. The summed E-state index contributed by atoms with van der Waals surface area (Å²) in [5.41, 5.74) is -0.370. The van der Waals surface area contributed by atoms with Crippen LogP contribution in [0, 0.1) is 0 Å². The number of benzene rings is 1. The van der Waals surface area contributed by atoms with Crippen LogP contribution >= 0.6 is 0 Å². The molecule has 20 heavy (non-hydrogen) atoms. The van der Waals surface area contributed by atoms with E-state index in [9.17, 15) is 13.6 Å². The molecule has 1 aliphatic rings. The molecule has 0 radical (unpaired) electrons. The Bertz CT molecular complexity index is 474. The highest BCUT2D eigenvalue weighted by Crippen LogP contribution is 2.36. The zero-order chi connectivity index (χ0) is 14.6. The van der Waals surface area contributed by atoms with E-state index >= 15 is 0 Å². The zero-order valence-electron chi connectivity index (χ0n) is 11.4. The van der Waals surface area contributed by atoms with Crippen molar-refractivity contribution in [1.82, 2.24) is 10.2 Å². The molecule has 0 aliphatic carbocycles. The van der Waals surface area contributed by atoms with Crippen molar-refractivity contribution in [3.8, 4) is 5.75 Å². The lowest BCUT2D eigenvalue weighted by molar-refractivity contribution is -0.159. The Hall–Kier alpha value is -1.69. The van der Waals surface area contributed by atoms with E-state index in [0.717, 1.165) is 0 Å². The van der Waals surface area contributed by atoms with Gasteiger partial charge in [-0.25, -0.2) is 0 Å². The number of hydrogen-bond donors (Lipinski definition) is 1. The number of para-hydroxylation sites is 1. The summed E-state index contributed by atoms with van der Waals surface area (Å²) in [7, 11) is 0. The van der Waals surface area contributed by atoms with Crippen molar-refractivity contribution in [3.05, 3.63) is 29.8 Å². The Morgan fingerprint density at radius 3 is 2.65 bits per heavy atom. The van der Waals surface area contributed by atoms with Crippen molar-refractivity contribution in [2.24, 2.45) is 0 Å². The molecule has 0 spiro atoms. The van der Waals surface area contributed by atoms with Gasteiger partial charge >= 0.3 is 5.92 Å². The minimum atomic E-state index is -3.57. The Morgan fingerprint density at radius 1 is 1.35 bits per heavy atom. The molecule has 0 bridgehead atoms. The fraction of sp³-hybridized carbons (Fsp3) is 0.500. The molecule has 4 nitrogen and oxygen atoms in total. The van der Waals surface area contributed by atoms with E-state index in [4.69, 9.17) is 4.74 Å². The Morgan fingerprint density at radius 2 is 2.00 bits per heavy atom. The number of amides is 1. The predicted molar refractivity (Wildman–Crippen MR) is 71.0 cm³/mol. The van der Waals surface area contributed by atoms with Crippen LogP contribution in [0.15, 0.2) is 24.3 Å². The molecule has 1 aromatic rings. The summed E-state index contributed by atoms with van der Waals surface area (Å²) in [6, 6.07) is 5.79. The highest BCUT2D eigenvalue weighted by molar-refractivity contribution is 5.85. The minimum Gasteiger partial charge on any atom is -0.493 e. The van der Waals surface area contributed by atoms with E-state index in [2.05, 4.69) is 5.32 Å². The van der Waals surface area contributed by atoms with Crippen LogP contribution in [-0.2, 0) is 10.7 Å². The van der Waals surface area contributed by atoms with Crippen molar-refractivity contribution in [3.63, 3.8) is 0 Å². The first-order valence-electron chi connectivity index (χ1n) is 6.67. The van der Waals surface area contributed by atoms with Gasteiger partial charge in [0.25, 0.3) is 5.91 Å². The maximum Gasteiger partial charge on any atom is 0.353 e. The van der Waals surface area contributed by atoms with Gasteiger partial charge in [0.05, 0.1) is 12.2 Å². The van der Waals surface area contributed by atoms with Gasteiger partial charge in [-0.1, -0.05) is 12.1 Å². The number of alkyl halides is 2. The van der Waals surface area contributed by atoms with Crippen molar-refractivity contribution in [2.45, 2.75) is 12.8 Å². The number of carbonyl (C=O) groups is 1. The standard InChI is InChI=1S/C14H18F2N2O2/c1-2-20-12-6-4-3-5-11(12)14(15,16)13(19)18-9-7-17-8-10-18/h3-6,17H,2,7-10H2,1H3. The quantitative estimate of drug-likeness (QED) is 0.913. The largest absolute Gasteiger partial charge is 0.493 e. The maximum atomic E-state index is 14.4. The van der Waals surface area contributed by atoms with Crippen LogP contribution in [0.1, 0.15) is 12.5 Å². The number of ether oxygens (including phenoxy) is 1. The molecule has 110 valence electrons. The van der Waals surface area contributed by atoms with E-state index in [1.54, 1.807) is 13.0 Å². The SMILES string of the molecule is CCOc1ccccc1C(F)(F)C(=O)N1CCNCC1. The molecule has 1 N–H and O–H groups in total. The van der Waals surface area contributed by atoms with E-state index in [0.29, 0.717) is 26.2 Å². The van der Waals surface area contributed by atoms with Crippen LogP contribution in [0.4, 0.5) is 8.78 Å². The first-order valence-corrected chi connectivity index (χ1v) is 6.67. The summed E-state index contributed by atoms with van der Waals surface area (Å²) in [4.78, 5) is 13.3. The smallest absolute Gasteiger partial charge is 0.353 e. The van der Waals surface area contributed by atoms with Gasteiger partial charge in [0, 0.05) is 26.2 Å². The van der Waals surface area contributed by atoms with Gasteiger partial charge in [0.2, 0.25) is 0 Å². The minimum absolute atomic E-state index is 0.0588. The van der Waals surface area contributed by atoms with Crippen LogP contribution in [0.25, 0.3) is 0 Å². The molecular weight excluding hydrogens is 266 g/mol. The monoisotopic (exact) mass is 284 g/mol. The Labute approximate surface area is 116 Å². The van der Waals surface area contributed by atoms with Gasteiger partial charge in [0.15, 0.2) is 0 Å². The summed E-state index contributed by atoms with van der Waals surface area (Å²) >= 11 is 0. The normalized spacial score (nSPS) is 16.1. The lowest BCUT2D eigenvalue weighted by Crippen LogP contribution is -2.51. The highest BCUT2D eigenvalue weighted by Gasteiger charge is 2.46. The third-order valence-corrected chi connectivity index (χ3v) is 3.20. The first kappa shape index (κ1) is 14.7. The second-order valence-electron chi connectivity index (χ2n) is 4.55. The molecule has 6 heteroatoms. The summed E-state index contributed by atoms with van der Waals surface area (Å²) in [5, 5.41) is 3.03. The fourth-order valence-electron chi connectivity index (χ4n) is 2.19. The zero-order valence-corrected chi connectivity index (χ0v) is 11.4. The third kappa shape index (κ3) is 2.90. The van der Waals surface area contributed by atoms with Gasteiger partial charge in [0.1, 0.15) is 5.75 Å². The van der Waals surface area contributed by atoms with Crippen molar-refractivity contribution in [2.75, 3.05) is 32.8 Å². The maximum absolute atomic E-state index is 14.4. The lowest BCUT2D eigenvalue weighted by atomic mass is 10.1. The van der Waals surface area contributed by atoms with Crippen molar-refractivity contribution in [1.29, 1.82) is 0 Å². The number of rotatable bonds is 4. The number of carbonyl (C=O) groups excluding carboxylic acids is 1. The number of nitrogens with one attached hydrogen (secondary N) is 1. The average molecular weight is 284 g/mol. The molecule has 0 aromatic heterocycles. The average Bonchev–Trinajstić information content (AvgIpc) is 2.48. The Balaban J connectivity index is 2.26. The van der Waals surface area contributed by atoms with E-state index in [1.807, 2.05) is 0 Å². The second kappa shape index (κ2) is 6.17. The van der Waals surface area contributed by atoms with Crippen LogP contribution in [0.5, 0.6) is 5.75 Å². The van der Waals surface area contributed by atoms with Gasteiger partial charge in [-0.05, 0) is 19.1 Å². The highest BCUT2D eigenvalue weighted by atomic mass is 19.3. The molecule has 1 aliphatic heterocycles. The van der Waals surface area contributed by atoms with Crippen LogP contribution in [-0.4, -0.2) is 43.6 Å². The summed E-state index contributed by atoms with van der Waals surface area (Å²) in [5.74, 6) is -4.67. The van der Waals surface area contributed by atoms with Gasteiger partial charge in [-0.15, -0.1) is 0 Å². The van der Waals surface area contributed by atoms with Gasteiger partial charge < -0.3 is 15.0 Å². The molecule has 1 heterocycles. The molecule has 0 saturated carbocycles. The third-order valence-electron chi connectivity index (χ3n) is 3.20. The Kier molecular flexibility index (Phi) is 4.54. The van der Waals surface area contributed by atoms with Crippen LogP contribution < -0.4 is 10.1 Å².